The summed E-state index contributed by atoms with van der Waals surface area (Å²) >= 11 is 0. The standard InChI is InChI=1S/C22H17N3O3/c26-21(15-6-8-16(9-7-15)22(27)25-28)24-23-13-14-5-10-20-18(11-14)12-17-3-1-2-4-19(17)20/h1-11,13,28H,12H2,(H,24,26)(H,25,27). The molecule has 1 aliphatic rings. The smallest absolute Gasteiger partial charge is 0.274 e. The highest BCUT2D eigenvalue weighted by Crippen LogP contribution is 2.36. The van der Waals surface area contributed by atoms with Crippen molar-refractivity contribution >= 4 is 18.0 Å². The number of nitrogens with zero attached hydrogens (tertiary/aromatic N) is 1. The van der Waals surface area contributed by atoms with Crippen LogP contribution in [-0.2, 0) is 6.42 Å². The lowest BCUT2D eigenvalue weighted by molar-refractivity contribution is 0.0706. The number of benzene rings is 3. The number of hydrogen-bond acceptors (Lipinski definition) is 4. The van der Waals surface area contributed by atoms with Crippen LogP contribution in [0.15, 0.2) is 71.8 Å². The van der Waals surface area contributed by atoms with Gasteiger partial charge >= 0.3 is 0 Å². The zero-order chi connectivity index (χ0) is 19.5. The quantitative estimate of drug-likeness (QED) is 0.292. The number of hydrazone groups is 1. The van der Waals surface area contributed by atoms with E-state index in [9.17, 15) is 9.59 Å². The van der Waals surface area contributed by atoms with E-state index < -0.39 is 5.91 Å². The molecule has 0 bridgehead atoms. The molecule has 0 aliphatic heterocycles. The summed E-state index contributed by atoms with van der Waals surface area (Å²) in [5.41, 5.74) is 10.6. The summed E-state index contributed by atoms with van der Waals surface area (Å²) < 4.78 is 0. The second kappa shape index (κ2) is 7.46. The van der Waals surface area contributed by atoms with Gasteiger partial charge in [-0.1, -0.05) is 36.4 Å². The van der Waals surface area contributed by atoms with Crippen LogP contribution < -0.4 is 10.9 Å². The molecule has 0 fully saturated rings. The molecule has 0 heterocycles. The molecule has 28 heavy (non-hydrogen) atoms. The minimum atomic E-state index is -0.635. The third-order valence-corrected chi connectivity index (χ3v) is 4.71. The first-order valence-corrected chi connectivity index (χ1v) is 8.75. The molecule has 6 heteroatoms. The highest BCUT2D eigenvalue weighted by Gasteiger charge is 2.17. The van der Waals surface area contributed by atoms with Gasteiger partial charge in [-0.25, -0.2) is 10.9 Å². The molecule has 4 rings (SSSR count). The van der Waals surface area contributed by atoms with Crippen molar-refractivity contribution in [1.29, 1.82) is 0 Å². The Morgan fingerprint density at radius 2 is 1.54 bits per heavy atom. The van der Waals surface area contributed by atoms with Gasteiger partial charge in [0.25, 0.3) is 11.8 Å². The van der Waals surface area contributed by atoms with E-state index in [4.69, 9.17) is 5.21 Å². The molecule has 0 saturated heterocycles. The van der Waals surface area contributed by atoms with Crippen molar-refractivity contribution in [2.45, 2.75) is 6.42 Å². The van der Waals surface area contributed by atoms with Crippen LogP contribution >= 0.6 is 0 Å². The van der Waals surface area contributed by atoms with Gasteiger partial charge in [0.15, 0.2) is 0 Å². The largest absolute Gasteiger partial charge is 0.288 e. The molecule has 0 radical (unpaired) electrons. The van der Waals surface area contributed by atoms with E-state index >= 15 is 0 Å². The van der Waals surface area contributed by atoms with Gasteiger partial charge in [0, 0.05) is 11.1 Å². The number of hydroxylamine groups is 1. The molecule has 3 N–H and O–H groups in total. The summed E-state index contributed by atoms with van der Waals surface area (Å²) in [6, 6.07) is 20.4. The lowest BCUT2D eigenvalue weighted by Gasteiger charge is -2.03. The third kappa shape index (κ3) is 3.41. The van der Waals surface area contributed by atoms with Crippen LogP contribution in [0.1, 0.15) is 37.4 Å². The molecular formula is C22H17N3O3. The highest BCUT2D eigenvalue weighted by molar-refractivity contribution is 5.97. The highest BCUT2D eigenvalue weighted by atomic mass is 16.5. The number of carbonyl (C=O) groups excluding carboxylic acids is 2. The van der Waals surface area contributed by atoms with Crippen LogP contribution in [0.3, 0.4) is 0 Å². The third-order valence-electron chi connectivity index (χ3n) is 4.71. The minimum absolute atomic E-state index is 0.252. The Balaban J connectivity index is 1.42. The number of rotatable bonds is 4. The molecule has 2 amide bonds. The molecule has 0 saturated carbocycles. The average Bonchev–Trinajstić information content (AvgIpc) is 3.11. The van der Waals surface area contributed by atoms with Crippen molar-refractivity contribution in [2.75, 3.05) is 0 Å². The fraction of sp³-hybridized carbons (Fsp3) is 0.0455. The van der Waals surface area contributed by atoms with E-state index in [2.05, 4.69) is 34.8 Å². The Morgan fingerprint density at radius 1 is 0.857 bits per heavy atom. The second-order valence-corrected chi connectivity index (χ2v) is 6.47. The Hall–Kier alpha value is -3.77. The predicted octanol–water partition coefficient (Wildman–Crippen LogP) is 3.14. The van der Waals surface area contributed by atoms with Crippen molar-refractivity contribution in [1.82, 2.24) is 10.9 Å². The second-order valence-electron chi connectivity index (χ2n) is 6.47. The summed E-state index contributed by atoms with van der Waals surface area (Å²) in [5, 5.41) is 12.6. The zero-order valence-electron chi connectivity index (χ0n) is 14.8. The van der Waals surface area contributed by atoms with Crippen LogP contribution in [0.4, 0.5) is 0 Å². The van der Waals surface area contributed by atoms with Crippen molar-refractivity contribution in [2.24, 2.45) is 5.10 Å². The molecule has 3 aromatic carbocycles. The summed E-state index contributed by atoms with van der Waals surface area (Å²) in [6.45, 7) is 0. The average molecular weight is 371 g/mol. The van der Waals surface area contributed by atoms with E-state index in [1.54, 1.807) is 11.7 Å². The van der Waals surface area contributed by atoms with Crippen molar-refractivity contribution < 1.29 is 14.8 Å². The number of carbonyl (C=O) groups is 2. The van der Waals surface area contributed by atoms with E-state index in [-0.39, 0.29) is 11.5 Å². The Kier molecular flexibility index (Phi) is 4.70. The Labute approximate surface area is 161 Å². The van der Waals surface area contributed by atoms with Gasteiger partial charge in [0.2, 0.25) is 0 Å². The van der Waals surface area contributed by atoms with Gasteiger partial charge in [0.1, 0.15) is 0 Å². The first kappa shape index (κ1) is 17.6. The van der Waals surface area contributed by atoms with Gasteiger partial charge in [0.05, 0.1) is 6.21 Å². The fourth-order valence-electron chi connectivity index (χ4n) is 3.31. The number of amides is 2. The van der Waals surface area contributed by atoms with Gasteiger partial charge < -0.3 is 0 Å². The molecule has 3 aromatic rings. The summed E-state index contributed by atoms with van der Waals surface area (Å²) in [7, 11) is 0. The van der Waals surface area contributed by atoms with Gasteiger partial charge in [-0.3, -0.25) is 14.8 Å². The van der Waals surface area contributed by atoms with E-state index in [1.165, 1.54) is 46.5 Å². The Bertz CT molecular complexity index is 1090. The zero-order valence-corrected chi connectivity index (χ0v) is 14.8. The van der Waals surface area contributed by atoms with Crippen LogP contribution in [0.2, 0.25) is 0 Å². The first-order chi connectivity index (χ1) is 13.7. The molecule has 6 nitrogen and oxygen atoms in total. The van der Waals surface area contributed by atoms with E-state index in [1.807, 2.05) is 18.2 Å². The number of hydrogen-bond donors (Lipinski definition) is 3. The summed E-state index contributed by atoms with van der Waals surface area (Å²) in [5.74, 6) is -1.02. The molecule has 1 aliphatic carbocycles. The van der Waals surface area contributed by atoms with E-state index in [0.29, 0.717) is 5.56 Å². The summed E-state index contributed by atoms with van der Waals surface area (Å²) in [4.78, 5) is 23.4. The van der Waals surface area contributed by atoms with E-state index in [0.717, 1.165) is 12.0 Å². The van der Waals surface area contributed by atoms with Crippen LogP contribution in [0.5, 0.6) is 0 Å². The lowest BCUT2D eigenvalue weighted by Crippen LogP contribution is -2.20. The first-order valence-electron chi connectivity index (χ1n) is 8.75. The monoisotopic (exact) mass is 371 g/mol. The number of fused-ring (bicyclic) bond motifs is 3. The normalized spacial score (nSPS) is 11.8. The molecule has 0 aromatic heterocycles. The van der Waals surface area contributed by atoms with Crippen LogP contribution in [0.25, 0.3) is 11.1 Å². The van der Waals surface area contributed by atoms with Crippen molar-refractivity contribution in [3.8, 4) is 11.1 Å². The Morgan fingerprint density at radius 3 is 2.29 bits per heavy atom. The van der Waals surface area contributed by atoms with Crippen LogP contribution in [-0.4, -0.2) is 23.2 Å². The molecule has 138 valence electrons. The lowest BCUT2D eigenvalue weighted by atomic mass is 10.0. The fourth-order valence-corrected chi connectivity index (χ4v) is 3.31. The molecule has 0 spiro atoms. The molecule has 0 atom stereocenters. The van der Waals surface area contributed by atoms with Gasteiger partial charge in [-0.05, 0) is 64.6 Å². The van der Waals surface area contributed by atoms with Gasteiger partial charge in [-0.15, -0.1) is 0 Å². The molecular weight excluding hydrogens is 354 g/mol. The van der Waals surface area contributed by atoms with Crippen LogP contribution in [0, 0.1) is 0 Å². The minimum Gasteiger partial charge on any atom is -0.288 e. The number of nitrogens with one attached hydrogen (secondary N) is 2. The van der Waals surface area contributed by atoms with Gasteiger partial charge in [-0.2, -0.15) is 5.10 Å². The maximum absolute atomic E-state index is 12.1. The maximum atomic E-state index is 12.1. The SMILES string of the molecule is O=C(NO)c1ccc(C(=O)NN=Cc2ccc3c(c2)Cc2ccccc2-3)cc1. The van der Waals surface area contributed by atoms with Crippen molar-refractivity contribution in [3.63, 3.8) is 0 Å². The van der Waals surface area contributed by atoms with Crippen molar-refractivity contribution in [3.05, 3.63) is 94.5 Å². The predicted molar refractivity (Wildman–Crippen MR) is 105 cm³/mol. The topological polar surface area (TPSA) is 90.8 Å². The maximum Gasteiger partial charge on any atom is 0.274 e. The molecule has 0 unspecified atom stereocenters. The summed E-state index contributed by atoms with van der Waals surface area (Å²) in [6.07, 6.45) is 2.50.